The zero-order chi connectivity index (χ0) is 27.1. The van der Waals surface area contributed by atoms with Crippen LogP contribution in [0.1, 0.15) is 59.8 Å². The summed E-state index contributed by atoms with van der Waals surface area (Å²) in [5, 5.41) is 10.5. The second kappa shape index (κ2) is 9.99. The molecular formula is C29H29Cl2FN2O3. The lowest BCUT2D eigenvalue weighted by Gasteiger charge is -2.47. The fraction of sp³-hybridized carbons (Fsp3) is 0.310. The van der Waals surface area contributed by atoms with Gasteiger partial charge in [0.05, 0.1) is 21.3 Å². The number of carboxylic acids is 1. The summed E-state index contributed by atoms with van der Waals surface area (Å²) in [5.74, 6) is -2.61. The van der Waals surface area contributed by atoms with Gasteiger partial charge in [-0.1, -0.05) is 74.3 Å². The molecule has 0 fully saturated rings. The number of aryl methyl sites for hydroxylation is 1. The first-order valence-corrected chi connectivity index (χ1v) is 12.8. The number of hydrogen-bond acceptors (Lipinski definition) is 3. The van der Waals surface area contributed by atoms with Crippen LogP contribution in [-0.2, 0) is 28.6 Å². The van der Waals surface area contributed by atoms with Gasteiger partial charge < -0.3 is 15.7 Å². The van der Waals surface area contributed by atoms with Gasteiger partial charge in [-0.15, -0.1) is 0 Å². The predicted octanol–water partition coefficient (Wildman–Crippen LogP) is 6.50. The van der Waals surface area contributed by atoms with Crippen molar-refractivity contribution in [3.05, 3.63) is 98.3 Å². The van der Waals surface area contributed by atoms with Gasteiger partial charge in [0.15, 0.2) is 0 Å². The van der Waals surface area contributed by atoms with Crippen molar-refractivity contribution < 1.29 is 19.1 Å². The predicted molar refractivity (Wildman–Crippen MR) is 145 cm³/mol. The number of carbonyl (C=O) groups excluding carboxylic acids is 1. The van der Waals surface area contributed by atoms with Gasteiger partial charge in [-0.25, -0.2) is 9.18 Å². The molecule has 1 unspecified atom stereocenters. The minimum Gasteiger partial charge on any atom is -0.478 e. The van der Waals surface area contributed by atoms with E-state index in [-0.39, 0.29) is 28.1 Å². The van der Waals surface area contributed by atoms with Gasteiger partial charge in [-0.3, -0.25) is 4.79 Å². The van der Waals surface area contributed by atoms with Crippen LogP contribution in [0.5, 0.6) is 0 Å². The lowest BCUT2D eigenvalue weighted by molar-refractivity contribution is -0.123. The van der Waals surface area contributed by atoms with Crippen molar-refractivity contribution in [1.82, 2.24) is 0 Å². The first kappa shape index (κ1) is 27.0. The van der Waals surface area contributed by atoms with Gasteiger partial charge in [0.25, 0.3) is 0 Å². The number of amides is 1. The molecule has 0 aliphatic carbocycles. The molecule has 0 bridgehead atoms. The number of nitrogens with two attached hydrogens (primary N) is 1. The van der Waals surface area contributed by atoms with Crippen LogP contribution in [0.3, 0.4) is 0 Å². The summed E-state index contributed by atoms with van der Waals surface area (Å²) in [6, 6.07) is 15.1. The average molecular weight is 543 g/mol. The Kier molecular flexibility index (Phi) is 7.28. The molecule has 5 nitrogen and oxygen atoms in total. The number of benzene rings is 3. The van der Waals surface area contributed by atoms with E-state index in [0.717, 1.165) is 17.2 Å². The molecule has 1 atom stereocenters. The minimum absolute atomic E-state index is 0.0602. The molecule has 3 N–H and O–H groups in total. The molecule has 0 saturated heterocycles. The molecule has 1 heterocycles. The van der Waals surface area contributed by atoms with E-state index in [2.05, 4.69) is 20.8 Å². The van der Waals surface area contributed by atoms with Crippen molar-refractivity contribution in [2.45, 2.75) is 51.0 Å². The van der Waals surface area contributed by atoms with Crippen molar-refractivity contribution >= 4 is 40.8 Å². The smallest absolute Gasteiger partial charge is 0.337 e. The third kappa shape index (κ3) is 5.05. The van der Waals surface area contributed by atoms with E-state index in [1.807, 2.05) is 24.3 Å². The molecule has 0 spiro atoms. The van der Waals surface area contributed by atoms with Crippen LogP contribution < -0.4 is 10.6 Å². The molecule has 194 valence electrons. The number of fused-ring (bicyclic) bond motifs is 1. The summed E-state index contributed by atoms with van der Waals surface area (Å²) in [5.41, 5.74) is 7.63. The third-order valence-corrected chi connectivity index (χ3v) is 7.77. The minimum atomic E-state index is -1.52. The van der Waals surface area contributed by atoms with Gasteiger partial charge in [0, 0.05) is 13.0 Å². The maximum Gasteiger partial charge on any atom is 0.337 e. The van der Waals surface area contributed by atoms with E-state index in [1.54, 1.807) is 23.1 Å². The number of aromatic carboxylic acids is 1. The second-order valence-corrected chi connectivity index (χ2v) is 11.3. The summed E-state index contributed by atoms with van der Waals surface area (Å²) < 4.78 is 14.4. The van der Waals surface area contributed by atoms with Gasteiger partial charge in [-0.2, -0.15) is 0 Å². The fourth-order valence-corrected chi connectivity index (χ4v) is 5.43. The molecule has 8 heteroatoms. The third-order valence-electron chi connectivity index (χ3n) is 7.03. The first-order chi connectivity index (χ1) is 17.3. The molecule has 0 aromatic heterocycles. The average Bonchev–Trinajstić information content (AvgIpc) is 2.83. The van der Waals surface area contributed by atoms with E-state index >= 15 is 0 Å². The van der Waals surface area contributed by atoms with Crippen molar-refractivity contribution in [1.29, 1.82) is 0 Å². The monoisotopic (exact) mass is 542 g/mol. The Morgan fingerprint density at radius 3 is 2.22 bits per heavy atom. The zero-order valence-corrected chi connectivity index (χ0v) is 22.5. The Labute approximate surface area is 226 Å². The van der Waals surface area contributed by atoms with E-state index in [1.165, 1.54) is 6.07 Å². The topological polar surface area (TPSA) is 83.6 Å². The van der Waals surface area contributed by atoms with Crippen LogP contribution in [-0.4, -0.2) is 23.5 Å². The maximum absolute atomic E-state index is 14.4. The van der Waals surface area contributed by atoms with Crippen LogP contribution in [0.4, 0.5) is 10.1 Å². The number of nitrogens with zero attached hydrogens (tertiary/aromatic N) is 1. The van der Waals surface area contributed by atoms with Crippen LogP contribution in [0.15, 0.2) is 54.6 Å². The number of rotatable bonds is 6. The number of hydrogen-bond donors (Lipinski definition) is 2. The number of anilines is 1. The number of halogens is 3. The summed E-state index contributed by atoms with van der Waals surface area (Å²) in [6.45, 7) is 6.68. The van der Waals surface area contributed by atoms with Crippen LogP contribution >= 0.6 is 23.2 Å². The SMILES string of the molecule is CC(C)(C)c1ccc(CC(C(N)=O)(c2ccc(Cl)c(Cl)c2)N2CCCc3cc(F)cc(C(=O)O)c32)cc1. The number of carbonyl (C=O) groups is 2. The van der Waals surface area contributed by atoms with Gasteiger partial charge in [0.1, 0.15) is 11.4 Å². The molecule has 1 amide bonds. The first-order valence-electron chi connectivity index (χ1n) is 12.0. The van der Waals surface area contributed by atoms with Gasteiger partial charge in [0.2, 0.25) is 5.91 Å². The Balaban J connectivity index is 1.99. The Bertz CT molecular complexity index is 1370. The summed E-state index contributed by atoms with van der Waals surface area (Å²) in [6.07, 6.45) is 1.19. The summed E-state index contributed by atoms with van der Waals surface area (Å²) in [7, 11) is 0. The van der Waals surface area contributed by atoms with Crippen LogP contribution in [0, 0.1) is 5.82 Å². The molecule has 1 aliphatic heterocycles. The summed E-state index contributed by atoms with van der Waals surface area (Å²) >= 11 is 12.6. The van der Waals surface area contributed by atoms with Crippen molar-refractivity contribution in [2.75, 3.05) is 11.4 Å². The molecule has 0 saturated carbocycles. The molecule has 3 aromatic rings. The highest BCUT2D eigenvalue weighted by Crippen LogP contribution is 2.44. The zero-order valence-electron chi connectivity index (χ0n) is 20.9. The van der Waals surface area contributed by atoms with Gasteiger partial charge in [-0.05, 0) is 64.8 Å². The van der Waals surface area contributed by atoms with E-state index in [0.29, 0.717) is 35.5 Å². The molecule has 37 heavy (non-hydrogen) atoms. The molecule has 3 aromatic carbocycles. The fourth-order valence-electron chi connectivity index (χ4n) is 5.14. The van der Waals surface area contributed by atoms with Crippen molar-refractivity contribution in [3.8, 4) is 0 Å². The highest BCUT2D eigenvalue weighted by Gasteiger charge is 2.47. The molecular weight excluding hydrogens is 514 g/mol. The highest BCUT2D eigenvalue weighted by atomic mass is 35.5. The molecule has 4 rings (SSSR count). The Hall–Kier alpha value is -3.09. The highest BCUT2D eigenvalue weighted by molar-refractivity contribution is 6.42. The van der Waals surface area contributed by atoms with Crippen LogP contribution in [0.25, 0.3) is 0 Å². The Morgan fingerprint density at radius 2 is 1.65 bits per heavy atom. The molecule has 0 radical (unpaired) electrons. The molecule has 1 aliphatic rings. The maximum atomic E-state index is 14.4. The number of carboxylic acid groups (broad SMARTS) is 1. The van der Waals surface area contributed by atoms with E-state index in [9.17, 15) is 19.1 Å². The number of primary amides is 1. The summed E-state index contributed by atoms with van der Waals surface area (Å²) in [4.78, 5) is 27.5. The lowest BCUT2D eigenvalue weighted by atomic mass is 9.78. The standard InChI is InChI=1S/C29H29Cl2FN2O3/c1-28(2,3)19-8-6-17(7-9-19)16-29(27(33)37,20-10-11-23(30)24(31)14-20)34-12-4-5-18-13-21(32)15-22(25(18)34)26(35)36/h6-11,13-15H,4-5,12,16H2,1-3H3,(H2,33,37)(H,35,36). The van der Waals surface area contributed by atoms with E-state index < -0.39 is 23.2 Å². The van der Waals surface area contributed by atoms with Gasteiger partial charge >= 0.3 is 5.97 Å². The van der Waals surface area contributed by atoms with E-state index in [4.69, 9.17) is 28.9 Å². The lowest BCUT2D eigenvalue weighted by Crippen LogP contribution is -2.58. The van der Waals surface area contributed by atoms with Crippen LogP contribution in [0.2, 0.25) is 10.0 Å². The van der Waals surface area contributed by atoms with Crippen molar-refractivity contribution in [3.63, 3.8) is 0 Å². The normalized spacial score (nSPS) is 15.1. The second-order valence-electron chi connectivity index (χ2n) is 10.5. The quantitative estimate of drug-likeness (QED) is 0.372. The Morgan fingerprint density at radius 1 is 1.00 bits per heavy atom. The van der Waals surface area contributed by atoms with Crippen molar-refractivity contribution in [2.24, 2.45) is 5.73 Å². The largest absolute Gasteiger partial charge is 0.478 e.